The van der Waals surface area contributed by atoms with E-state index in [9.17, 15) is 4.79 Å². The van der Waals surface area contributed by atoms with Crippen molar-refractivity contribution in [3.8, 4) is 0 Å². The number of carbonyl (C=O) groups excluding carboxylic acids is 1. The smallest absolute Gasteiger partial charge is 0.243 e. The molecule has 0 heterocycles. The third kappa shape index (κ3) is 40.0. The second-order valence-electron chi connectivity index (χ2n) is 6.82. The van der Waals surface area contributed by atoms with E-state index in [1.165, 1.54) is 77.2 Å². The number of nitrogens with zero attached hydrogens (tertiary/aromatic N) is 1. The first-order valence-electron chi connectivity index (χ1n) is 9.99. The maximum Gasteiger partial charge on any atom is 0.243 e. The van der Waals surface area contributed by atoms with Gasteiger partial charge in [-0.3, -0.25) is 4.79 Å². The zero-order valence-corrected chi connectivity index (χ0v) is 19.3. The highest BCUT2D eigenvalue weighted by Gasteiger charge is 1.93. The summed E-state index contributed by atoms with van der Waals surface area (Å²) in [5, 5.41) is 1.13. The van der Waals surface area contributed by atoms with Crippen molar-refractivity contribution >= 4 is 21.8 Å². The highest BCUT2D eigenvalue weighted by Crippen LogP contribution is 2.10. The second-order valence-corrected chi connectivity index (χ2v) is 7.61. The lowest BCUT2D eigenvalue weighted by Crippen LogP contribution is -2.12. The topological polar surface area (TPSA) is 46.3 Å². The Morgan fingerprint density at radius 2 is 1.20 bits per heavy atom. The zero-order valence-electron chi connectivity index (χ0n) is 17.7. The maximum absolute atomic E-state index is 9.82. The van der Waals surface area contributed by atoms with Gasteiger partial charge in [0.2, 0.25) is 5.91 Å². The second kappa shape index (κ2) is 25.9. The van der Waals surface area contributed by atoms with Crippen LogP contribution in [0.3, 0.4) is 0 Å². The number of rotatable bonds is 13. The van der Waals surface area contributed by atoms with Gasteiger partial charge >= 0.3 is 0 Å². The van der Waals surface area contributed by atoms with Crippen LogP contribution in [-0.4, -0.2) is 36.8 Å². The Morgan fingerprint density at radius 1 is 0.880 bits per heavy atom. The van der Waals surface area contributed by atoms with Crippen molar-refractivity contribution in [2.45, 2.75) is 91.4 Å². The van der Waals surface area contributed by atoms with Crippen LogP contribution in [0.15, 0.2) is 12.2 Å². The first-order chi connectivity index (χ1) is 11.8. The molecule has 0 spiro atoms. The molecule has 0 saturated carbocycles. The van der Waals surface area contributed by atoms with Crippen molar-refractivity contribution in [3.63, 3.8) is 0 Å². The lowest BCUT2D eigenvalue weighted by Gasteiger charge is -2.08. The molecule has 0 rings (SSSR count). The summed E-state index contributed by atoms with van der Waals surface area (Å²) in [4.78, 5) is 12.1. The minimum absolute atomic E-state index is 0.398. The SMILES string of the molecule is C=C(C)C(N)=O.CCCBr.CCCCCCCCCCCCN(C)C. The van der Waals surface area contributed by atoms with Gasteiger partial charge in [-0.2, -0.15) is 0 Å². The van der Waals surface area contributed by atoms with E-state index in [1.807, 2.05) is 0 Å². The summed E-state index contributed by atoms with van der Waals surface area (Å²) in [7, 11) is 4.32. The summed E-state index contributed by atoms with van der Waals surface area (Å²) < 4.78 is 0. The molecule has 0 aromatic carbocycles. The predicted molar refractivity (Wildman–Crippen MR) is 118 cm³/mol. The Kier molecular flexibility index (Phi) is 30.5. The van der Waals surface area contributed by atoms with Gasteiger partial charge in [-0.15, -0.1) is 0 Å². The van der Waals surface area contributed by atoms with E-state index < -0.39 is 5.91 Å². The van der Waals surface area contributed by atoms with E-state index in [0.717, 1.165) is 5.33 Å². The molecule has 25 heavy (non-hydrogen) atoms. The molecule has 0 aliphatic heterocycles. The van der Waals surface area contributed by atoms with Crippen LogP contribution < -0.4 is 5.73 Å². The summed E-state index contributed by atoms with van der Waals surface area (Å²) in [6.45, 7) is 10.5. The fourth-order valence-electron chi connectivity index (χ4n) is 1.92. The lowest BCUT2D eigenvalue weighted by molar-refractivity contribution is -0.114. The van der Waals surface area contributed by atoms with Crippen molar-refractivity contribution in [1.82, 2.24) is 4.90 Å². The average molecular weight is 422 g/mol. The molecular weight excluding hydrogens is 376 g/mol. The molecule has 0 fully saturated rings. The normalized spacial score (nSPS) is 9.72. The number of unbranched alkanes of at least 4 members (excludes halogenated alkanes) is 9. The monoisotopic (exact) mass is 420 g/mol. The Morgan fingerprint density at radius 3 is 1.44 bits per heavy atom. The molecule has 0 unspecified atom stereocenters. The molecule has 0 atom stereocenters. The van der Waals surface area contributed by atoms with Crippen LogP contribution in [0.5, 0.6) is 0 Å². The highest BCUT2D eigenvalue weighted by atomic mass is 79.9. The third-order valence-corrected chi connectivity index (χ3v) is 4.36. The van der Waals surface area contributed by atoms with E-state index in [0.29, 0.717) is 5.57 Å². The number of primary amides is 1. The molecular formula is C21H45BrN2O. The van der Waals surface area contributed by atoms with Gasteiger partial charge in [0.15, 0.2) is 0 Å². The summed E-state index contributed by atoms with van der Waals surface area (Å²) in [6.07, 6.45) is 15.6. The number of carbonyl (C=O) groups is 1. The van der Waals surface area contributed by atoms with Crippen molar-refractivity contribution in [2.75, 3.05) is 26.0 Å². The maximum atomic E-state index is 9.82. The van der Waals surface area contributed by atoms with Crippen LogP contribution in [0.25, 0.3) is 0 Å². The summed E-state index contributed by atoms with van der Waals surface area (Å²) in [6, 6.07) is 0. The summed E-state index contributed by atoms with van der Waals surface area (Å²) >= 11 is 3.25. The molecule has 0 aliphatic rings. The number of amides is 1. The lowest BCUT2D eigenvalue weighted by atomic mass is 10.1. The van der Waals surface area contributed by atoms with Crippen LogP contribution in [0.1, 0.15) is 91.4 Å². The number of halogens is 1. The molecule has 152 valence electrons. The van der Waals surface area contributed by atoms with Gasteiger partial charge in [0.1, 0.15) is 0 Å². The van der Waals surface area contributed by atoms with Crippen molar-refractivity contribution in [3.05, 3.63) is 12.2 Å². The molecule has 0 aromatic rings. The molecule has 2 N–H and O–H groups in total. The van der Waals surface area contributed by atoms with E-state index in [4.69, 9.17) is 5.73 Å². The van der Waals surface area contributed by atoms with Crippen molar-refractivity contribution < 1.29 is 4.79 Å². The van der Waals surface area contributed by atoms with Crippen LogP contribution >= 0.6 is 15.9 Å². The molecule has 1 amide bonds. The number of hydrogen-bond acceptors (Lipinski definition) is 2. The van der Waals surface area contributed by atoms with Gasteiger partial charge in [0, 0.05) is 10.9 Å². The molecule has 0 bridgehead atoms. The molecule has 0 aromatic heterocycles. The quantitative estimate of drug-likeness (QED) is 0.215. The zero-order chi connectivity index (χ0) is 19.9. The Hall–Kier alpha value is -0.350. The van der Waals surface area contributed by atoms with Gasteiger partial charge in [-0.25, -0.2) is 0 Å². The summed E-state index contributed by atoms with van der Waals surface area (Å²) in [5.74, 6) is -0.435. The standard InChI is InChI=1S/C14H31N.C4H7NO.C3H7Br/c1-4-5-6-7-8-9-10-11-12-13-14-15(2)3;1-3(2)4(5)6;1-2-3-4/h4-14H2,1-3H3;1H2,2H3,(H2,5,6);2-3H2,1H3. The van der Waals surface area contributed by atoms with Crippen molar-refractivity contribution in [2.24, 2.45) is 5.73 Å². The molecule has 0 saturated heterocycles. The van der Waals surface area contributed by atoms with E-state index >= 15 is 0 Å². The first-order valence-corrected chi connectivity index (χ1v) is 11.1. The molecule has 4 heteroatoms. The van der Waals surface area contributed by atoms with E-state index in [-0.39, 0.29) is 0 Å². The van der Waals surface area contributed by atoms with Crippen LogP contribution in [0.2, 0.25) is 0 Å². The molecule has 0 radical (unpaired) electrons. The van der Waals surface area contributed by atoms with Gasteiger partial charge in [0.05, 0.1) is 0 Å². The fraction of sp³-hybridized carbons (Fsp3) is 0.857. The molecule has 3 nitrogen and oxygen atoms in total. The number of hydrogen-bond donors (Lipinski definition) is 1. The van der Waals surface area contributed by atoms with Gasteiger partial charge < -0.3 is 10.6 Å². The van der Waals surface area contributed by atoms with Crippen LogP contribution in [0.4, 0.5) is 0 Å². The Balaban J connectivity index is -0.000000397. The van der Waals surface area contributed by atoms with Gasteiger partial charge in [0.25, 0.3) is 0 Å². The minimum atomic E-state index is -0.435. The fourth-order valence-corrected chi connectivity index (χ4v) is 1.92. The Labute approximate surface area is 166 Å². The van der Waals surface area contributed by atoms with Crippen molar-refractivity contribution in [1.29, 1.82) is 0 Å². The van der Waals surface area contributed by atoms with E-state index in [1.54, 1.807) is 6.92 Å². The average Bonchev–Trinajstić information content (AvgIpc) is 2.57. The largest absolute Gasteiger partial charge is 0.366 e. The first kappa shape index (κ1) is 29.4. The number of alkyl halides is 1. The van der Waals surface area contributed by atoms with Crippen LogP contribution in [0, 0.1) is 0 Å². The predicted octanol–water partition coefficient (Wildman–Crippen LogP) is 6.31. The highest BCUT2D eigenvalue weighted by molar-refractivity contribution is 9.09. The van der Waals surface area contributed by atoms with Gasteiger partial charge in [-0.05, 0) is 40.4 Å². The van der Waals surface area contributed by atoms with Gasteiger partial charge in [-0.1, -0.05) is 94.1 Å². The minimum Gasteiger partial charge on any atom is -0.366 e. The Bertz CT molecular complexity index is 267. The molecule has 0 aliphatic carbocycles. The third-order valence-electron chi connectivity index (χ3n) is 3.57. The van der Waals surface area contributed by atoms with Crippen LogP contribution in [-0.2, 0) is 4.79 Å². The summed E-state index contributed by atoms with van der Waals surface area (Å²) in [5.41, 5.74) is 5.09. The number of nitrogens with two attached hydrogens (primary N) is 1. The van der Waals surface area contributed by atoms with E-state index in [2.05, 4.69) is 55.4 Å².